The largest absolute Gasteiger partial charge is 0.508 e. The number of phenolic OH excluding ortho intramolecular Hbond substituents is 2. The lowest BCUT2D eigenvalue weighted by atomic mass is 10.1. The molecule has 0 aliphatic heterocycles. The molecule has 0 spiro atoms. The molecule has 0 aliphatic rings. The van der Waals surface area contributed by atoms with Gasteiger partial charge in [-0.1, -0.05) is 24.3 Å². The number of benzene rings is 2. The van der Waals surface area contributed by atoms with Gasteiger partial charge in [-0.05, 0) is 35.7 Å². The highest BCUT2D eigenvalue weighted by molar-refractivity contribution is 5.38. The van der Waals surface area contributed by atoms with Crippen molar-refractivity contribution in [1.29, 1.82) is 0 Å². The van der Waals surface area contributed by atoms with Crippen LogP contribution in [0.5, 0.6) is 11.5 Å². The van der Waals surface area contributed by atoms with E-state index in [2.05, 4.69) is 5.32 Å². The molecule has 4 N–H and O–H groups in total. The first-order valence-corrected chi connectivity index (χ1v) is 6.53. The Morgan fingerprint density at radius 2 is 1.50 bits per heavy atom. The van der Waals surface area contributed by atoms with Gasteiger partial charge >= 0.3 is 0 Å². The van der Waals surface area contributed by atoms with E-state index in [0.717, 1.165) is 16.7 Å². The Balaban J connectivity index is 1.98. The summed E-state index contributed by atoms with van der Waals surface area (Å²) < 4.78 is 0. The summed E-state index contributed by atoms with van der Waals surface area (Å²) in [5.74, 6) is 0.113. The van der Waals surface area contributed by atoms with Gasteiger partial charge in [0.05, 0.1) is 6.61 Å². The van der Waals surface area contributed by atoms with Crippen LogP contribution in [0.2, 0.25) is 0 Å². The Kier molecular flexibility index (Phi) is 4.61. The molecule has 0 aromatic heterocycles. The zero-order valence-corrected chi connectivity index (χ0v) is 11.4. The van der Waals surface area contributed by atoms with Crippen molar-refractivity contribution < 1.29 is 15.3 Å². The van der Waals surface area contributed by atoms with E-state index in [9.17, 15) is 10.2 Å². The fourth-order valence-corrected chi connectivity index (χ4v) is 2.02. The van der Waals surface area contributed by atoms with Gasteiger partial charge in [0.15, 0.2) is 0 Å². The smallest absolute Gasteiger partial charge is 0.119 e. The molecule has 1 unspecified atom stereocenters. The third kappa shape index (κ3) is 3.73. The highest BCUT2D eigenvalue weighted by Gasteiger charge is 2.07. The molecule has 0 aliphatic carbocycles. The maximum Gasteiger partial charge on any atom is 0.119 e. The highest BCUT2D eigenvalue weighted by Crippen LogP contribution is 2.24. The van der Waals surface area contributed by atoms with Crippen molar-refractivity contribution in [1.82, 2.24) is 5.32 Å². The lowest BCUT2D eigenvalue weighted by Crippen LogP contribution is -2.18. The summed E-state index contributed by atoms with van der Waals surface area (Å²) in [4.78, 5) is 0. The van der Waals surface area contributed by atoms with E-state index in [-0.39, 0.29) is 24.1 Å². The molecule has 4 heteroatoms. The van der Waals surface area contributed by atoms with Crippen LogP contribution >= 0.6 is 0 Å². The summed E-state index contributed by atoms with van der Waals surface area (Å²) >= 11 is 0. The fourth-order valence-electron chi connectivity index (χ4n) is 2.02. The van der Waals surface area contributed by atoms with Crippen molar-refractivity contribution in [2.24, 2.45) is 0 Å². The van der Waals surface area contributed by atoms with Gasteiger partial charge in [-0.25, -0.2) is 0 Å². The van der Waals surface area contributed by atoms with Gasteiger partial charge < -0.3 is 20.6 Å². The minimum absolute atomic E-state index is 0.00511. The molecule has 2 rings (SSSR count). The molecule has 0 saturated heterocycles. The number of phenols is 2. The third-order valence-corrected chi connectivity index (χ3v) is 3.24. The van der Waals surface area contributed by atoms with Gasteiger partial charge in [0.25, 0.3) is 0 Å². The first-order valence-electron chi connectivity index (χ1n) is 6.53. The maximum atomic E-state index is 9.47. The third-order valence-electron chi connectivity index (χ3n) is 3.24. The summed E-state index contributed by atoms with van der Waals surface area (Å²) in [5, 5.41) is 31.3. The summed E-state index contributed by atoms with van der Waals surface area (Å²) in [5.41, 5.74) is 2.83. The van der Waals surface area contributed by atoms with E-state index in [0.29, 0.717) is 6.54 Å². The van der Waals surface area contributed by atoms with Crippen LogP contribution in [0.25, 0.3) is 0 Å². The van der Waals surface area contributed by atoms with Crippen LogP contribution in [0.4, 0.5) is 0 Å². The predicted molar refractivity (Wildman–Crippen MR) is 77.4 cm³/mol. The first kappa shape index (κ1) is 14.4. The molecule has 0 fully saturated rings. The Bertz CT molecular complexity index is 546. The van der Waals surface area contributed by atoms with Gasteiger partial charge in [0.2, 0.25) is 0 Å². The number of aliphatic hydroxyl groups excluding tert-OH is 1. The second-order valence-corrected chi connectivity index (χ2v) is 4.86. The minimum Gasteiger partial charge on any atom is -0.508 e. The van der Waals surface area contributed by atoms with E-state index < -0.39 is 0 Å². The van der Waals surface area contributed by atoms with Crippen molar-refractivity contribution in [2.75, 3.05) is 0 Å². The van der Waals surface area contributed by atoms with Crippen molar-refractivity contribution in [3.8, 4) is 11.5 Å². The summed E-state index contributed by atoms with van der Waals surface area (Å²) in [6.45, 7) is 2.69. The Morgan fingerprint density at radius 1 is 0.950 bits per heavy atom. The number of aliphatic hydroxyl groups is 1. The molecular formula is C16H19NO3. The molecule has 0 radical (unpaired) electrons. The number of nitrogens with one attached hydrogen (secondary N) is 1. The van der Waals surface area contributed by atoms with Crippen LogP contribution in [-0.4, -0.2) is 15.3 Å². The van der Waals surface area contributed by atoms with Gasteiger partial charge in [-0.3, -0.25) is 0 Å². The van der Waals surface area contributed by atoms with Crippen LogP contribution in [-0.2, 0) is 13.2 Å². The van der Waals surface area contributed by atoms with E-state index in [1.165, 1.54) is 6.07 Å². The topological polar surface area (TPSA) is 72.7 Å². The molecule has 0 saturated carbocycles. The maximum absolute atomic E-state index is 9.47. The van der Waals surface area contributed by atoms with Gasteiger partial charge in [0.1, 0.15) is 11.5 Å². The van der Waals surface area contributed by atoms with Crippen molar-refractivity contribution >= 4 is 0 Å². The quantitative estimate of drug-likeness (QED) is 0.675. The standard InChI is InChI=1S/C16H19NO3/c1-11(14-6-15(19)8-16(20)7-14)17-9-12-2-4-13(10-18)5-3-12/h2-8,11,17-20H,9-10H2,1H3. The zero-order chi connectivity index (χ0) is 14.5. The fraction of sp³-hybridized carbons (Fsp3) is 0.250. The SMILES string of the molecule is CC(NCc1ccc(CO)cc1)c1cc(O)cc(O)c1. The average Bonchev–Trinajstić information content (AvgIpc) is 2.44. The molecule has 20 heavy (non-hydrogen) atoms. The molecule has 4 nitrogen and oxygen atoms in total. The van der Waals surface area contributed by atoms with Crippen LogP contribution in [0, 0.1) is 0 Å². The van der Waals surface area contributed by atoms with Gasteiger partial charge in [-0.2, -0.15) is 0 Å². The Hall–Kier alpha value is -2.04. The number of hydrogen-bond donors (Lipinski definition) is 4. The summed E-state index contributed by atoms with van der Waals surface area (Å²) in [7, 11) is 0. The number of rotatable bonds is 5. The van der Waals surface area contributed by atoms with Crippen LogP contribution in [0.1, 0.15) is 29.7 Å². The molecule has 0 heterocycles. The molecule has 0 bridgehead atoms. The normalized spacial score (nSPS) is 12.3. The van der Waals surface area contributed by atoms with Crippen LogP contribution in [0.3, 0.4) is 0 Å². The molecule has 1 atom stereocenters. The van der Waals surface area contributed by atoms with Crippen molar-refractivity contribution in [2.45, 2.75) is 26.1 Å². The Labute approximate surface area is 118 Å². The van der Waals surface area contributed by atoms with Crippen LogP contribution in [0.15, 0.2) is 42.5 Å². The highest BCUT2D eigenvalue weighted by atomic mass is 16.3. The molecular weight excluding hydrogens is 254 g/mol. The van der Waals surface area contributed by atoms with E-state index in [1.54, 1.807) is 12.1 Å². The zero-order valence-electron chi connectivity index (χ0n) is 11.4. The van der Waals surface area contributed by atoms with Crippen molar-refractivity contribution in [3.63, 3.8) is 0 Å². The monoisotopic (exact) mass is 273 g/mol. The van der Waals surface area contributed by atoms with Gasteiger partial charge in [-0.15, -0.1) is 0 Å². The second-order valence-electron chi connectivity index (χ2n) is 4.86. The molecule has 2 aromatic rings. The van der Waals surface area contributed by atoms with Crippen molar-refractivity contribution in [3.05, 3.63) is 59.2 Å². The Morgan fingerprint density at radius 3 is 2.05 bits per heavy atom. The first-order chi connectivity index (χ1) is 9.58. The lowest BCUT2D eigenvalue weighted by Gasteiger charge is -2.15. The molecule has 0 amide bonds. The average molecular weight is 273 g/mol. The minimum atomic E-state index is 0.00511. The van der Waals surface area contributed by atoms with E-state index >= 15 is 0 Å². The van der Waals surface area contributed by atoms with Gasteiger partial charge in [0, 0.05) is 18.7 Å². The lowest BCUT2D eigenvalue weighted by molar-refractivity contribution is 0.282. The number of aromatic hydroxyl groups is 2. The summed E-state index contributed by atoms with van der Waals surface area (Å²) in [6.07, 6.45) is 0. The molecule has 106 valence electrons. The summed E-state index contributed by atoms with van der Waals surface area (Å²) in [6, 6.07) is 12.3. The number of hydrogen-bond acceptors (Lipinski definition) is 4. The molecule has 2 aromatic carbocycles. The predicted octanol–water partition coefficient (Wildman–Crippen LogP) is 2.44. The van der Waals surface area contributed by atoms with E-state index in [4.69, 9.17) is 5.11 Å². The van der Waals surface area contributed by atoms with Crippen LogP contribution < -0.4 is 5.32 Å². The second kappa shape index (κ2) is 6.41. The van der Waals surface area contributed by atoms with E-state index in [1.807, 2.05) is 31.2 Å².